The molecule has 1 fully saturated rings. The number of rotatable bonds is 4. The van der Waals surface area contributed by atoms with Crippen LogP contribution in [-0.4, -0.2) is 47.3 Å². The van der Waals surface area contributed by atoms with Gasteiger partial charge in [0.25, 0.3) is 0 Å². The first kappa shape index (κ1) is 12.9. The molecule has 0 bridgehead atoms. The molecule has 1 aliphatic heterocycles. The molecule has 0 saturated carbocycles. The third-order valence-electron chi connectivity index (χ3n) is 2.81. The van der Waals surface area contributed by atoms with Crippen LogP contribution in [0.4, 0.5) is 0 Å². The topological polar surface area (TPSA) is 98.7 Å². The van der Waals surface area contributed by atoms with Gasteiger partial charge in [-0.05, 0) is 25.3 Å². The number of hydrogen-bond donors (Lipinski definition) is 4. The Kier molecular flexibility index (Phi) is 4.70. The van der Waals surface area contributed by atoms with Gasteiger partial charge in [0, 0.05) is 0 Å². The zero-order valence-corrected chi connectivity index (χ0v) is 9.27. The van der Waals surface area contributed by atoms with Crippen molar-refractivity contribution in [3.8, 4) is 0 Å². The molecule has 0 spiro atoms. The van der Waals surface area contributed by atoms with Crippen molar-refractivity contribution >= 4 is 11.9 Å². The number of piperidine rings is 1. The number of hydrogen-bond acceptors (Lipinski definition) is 4. The van der Waals surface area contributed by atoms with E-state index in [1.165, 1.54) is 0 Å². The Hall–Kier alpha value is -1.14. The molecule has 3 unspecified atom stereocenters. The average molecular weight is 230 g/mol. The average Bonchev–Trinajstić information content (AvgIpc) is 2.25. The molecule has 0 aromatic heterocycles. The number of aliphatic hydroxyl groups is 1. The van der Waals surface area contributed by atoms with Crippen LogP contribution in [0.1, 0.15) is 19.8 Å². The van der Waals surface area contributed by atoms with Gasteiger partial charge in [-0.25, -0.2) is 4.79 Å². The van der Waals surface area contributed by atoms with Crippen molar-refractivity contribution in [1.82, 2.24) is 10.6 Å². The summed E-state index contributed by atoms with van der Waals surface area (Å²) in [5.41, 5.74) is 0. The van der Waals surface area contributed by atoms with Gasteiger partial charge in [-0.1, -0.05) is 6.92 Å². The van der Waals surface area contributed by atoms with Crippen molar-refractivity contribution in [3.05, 3.63) is 0 Å². The second kappa shape index (κ2) is 5.81. The normalized spacial score (nSPS) is 27.1. The van der Waals surface area contributed by atoms with E-state index in [4.69, 9.17) is 10.2 Å². The molecule has 0 aliphatic carbocycles. The third kappa shape index (κ3) is 3.46. The van der Waals surface area contributed by atoms with E-state index >= 15 is 0 Å². The Labute approximate surface area is 94.0 Å². The Morgan fingerprint density at radius 3 is 2.81 bits per heavy atom. The number of carbonyl (C=O) groups is 2. The van der Waals surface area contributed by atoms with Gasteiger partial charge in [0.1, 0.15) is 0 Å². The van der Waals surface area contributed by atoms with E-state index in [-0.39, 0.29) is 24.4 Å². The third-order valence-corrected chi connectivity index (χ3v) is 2.81. The molecule has 3 atom stereocenters. The van der Waals surface area contributed by atoms with Gasteiger partial charge in [0.15, 0.2) is 6.10 Å². The molecule has 1 amide bonds. The number of carbonyl (C=O) groups excluding carboxylic acids is 1. The van der Waals surface area contributed by atoms with E-state index in [1.807, 2.05) is 6.92 Å². The number of carboxylic acid groups (broad SMARTS) is 1. The second-order valence-corrected chi connectivity index (χ2v) is 4.15. The Bertz CT molecular complexity index is 270. The van der Waals surface area contributed by atoms with Crippen molar-refractivity contribution in [2.24, 2.45) is 5.92 Å². The van der Waals surface area contributed by atoms with Gasteiger partial charge in [0.05, 0.1) is 12.6 Å². The monoisotopic (exact) mass is 230 g/mol. The minimum Gasteiger partial charge on any atom is -0.479 e. The maximum absolute atomic E-state index is 11.7. The number of amides is 1. The minimum absolute atomic E-state index is 0.232. The van der Waals surface area contributed by atoms with Crippen molar-refractivity contribution in [2.75, 3.05) is 13.1 Å². The lowest BCUT2D eigenvalue weighted by molar-refractivity contribution is -0.146. The maximum atomic E-state index is 11.7. The van der Waals surface area contributed by atoms with E-state index in [2.05, 4.69) is 10.6 Å². The quantitative estimate of drug-likeness (QED) is 0.493. The van der Waals surface area contributed by atoms with Crippen molar-refractivity contribution in [2.45, 2.75) is 31.9 Å². The summed E-state index contributed by atoms with van der Waals surface area (Å²) < 4.78 is 0. The number of carboxylic acids is 1. The fraction of sp³-hybridized carbons (Fsp3) is 0.800. The van der Waals surface area contributed by atoms with Crippen LogP contribution in [0.3, 0.4) is 0 Å². The molecule has 4 N–H and O–H groups in total. The fourth-order valence-electron chi connectivity index (χ4n) is 1.80. The SMILES string of the molecule is CC1CCCNC1C(=O)NCC(O)C(=O)O. The summed E-state index contributed by atoms with van der Waals surface area (Å²) in [7, 11) is 0. The van der Waals surface area contributed by atoms with Crippen LogP contribution in [0.2, 0.25) is 0 Å². The van der Waals surface area contributed by atoms with Gasteiger partial charge in [-0.15, -0.1) is 0 Å². The largest absolute Gasteiger partial charge is 0.479 e. The van der Waals surface area contributed by atoms with E-state index in [0.717, 1.165) is 19.4 Å². The lowest BCUT2D eigenvalue weighted by Crippen LogP contribution is -2.52. The first-order chi connectivity index (χ1) is 7.52. The van der Waals surface area contributed by atoms with E-state index < -0.39 is 12.1 Å². The van der Waals surface area contributed by atoms with Crippen molar-refractivity contribution < 1.29 is 19.8 Å². The Morgan fingerprint density at radius 2 is 2.25 bits per heavy atom. The summed E-state index contributed by atoms with van der Waals surface area (Å²) in [5, 5.41) is 23.0. The lowest BCUT2D eigenvalue weighted by atomic mass is 9.92. The highest BCUT2D eigenvalue weighted by Crippen LogP contribution is 2.15. The van der Waals surface area contributed by atoms with Crippen LogP contribution in [-0.2, 0) is 9.59 Å². The number of aliphatic carboxylic acids is 1. The molecular formula is C10H18N2O4. The van der Waals surface area contributed by atoms with Crippen LogP contribution in [0.25, 0.3) is 0 Å². The fourth-order valence-corrected chi connectivity index (χ4v) is 1.80. The summed E-state index contributed by atoms with van der Waals surface area (Å²) >= 11 is 0. The zero-order chi connectivity index (χ0) is 12.1. The molecule has 0 aromatic rings. The Morgan fingerprint density at radius 1 is 1.56 bits per heavy atom. The summed E-state index contributed by atoms with van der Waals surface area (Å²) in [6.45, 7) is 2.52. The smallest absolute Gasteiger partial charge is 0.334 e. The number of nitrogens with one attached hydrogen (secondary N) is 2. The highest BCUT2D eigenvalue weighted by molar-refractivity contribution is 5.83. The van der Waals surface area contributed by atoms with Gasteiger partial charge < -0.3 is 20.8 Å². The molecule has 1 rings (SSSR count). The maximum Gasteiger partial charge on any atom is 0.334 e. The molecule has 92 valence electrons. The van der Waals surface area contributed by atoms with E-state index in [9.17, 15) is 9.59 Å². The van der Waals surface area contributed by atoms with Crippen LogP contribution in [0.5, 0.6) is 0 Å². The molecule has 16 heavy (non-hydrogen) atoms. The molecular weight excluding hydrogens is 212 g/mol. The van der Waals surface area contributed by atoms with Crippen molar-refractivity contribution in [3.63, 3.8) is 0 Å². The van der Waals surface area contributed by atoms with Crippen molar-refractivity contribution in [1.29, 1.82) is 0 Å². The summed E-state index contributed by atoms with van der Waals surface area (Å²) in [5.74, 6) is -1.34. The molecule has 1 heterocycles. The van der Waals surface area contributed by atoms with Gasteiger partial charge in [0.2, 0.25) is 5.91 Å². The van der Waals surface area contributed by atoms with Crippen LogP contribution < -0.4 is 10.6 Å². The molecule has 0 aromatic carbocycles. The van der Waals surface area contributed by atoms with Gasteiger partial charge in [-0.2, -0.15) is 0 Å². The second-order valence-electron chi connectivity index (χ2n) is 4.15. The highest BCUT2D eigenvalue weighted by Gasteiger charge is 2.27. The number of aliphatic hydroxyl groups excluding tert-OH is 1. The lowest BCUT2D eigenvalue weighted by Gasteiger charge is -2.29. The highest BCUT2D eigenvalue weighted by atomic mass is 16.4. The van der Waals surface area contributed by atoms with Gasteiger partial charge >= 0.3 is 5.97 Å². The molecule has 1 aliphatic rings. The predicted octanol–water partition coefficient (Wildman–Crippen LogP) is -1.06. The van der Waals surface area contributed by atoms with Crippen LogP contribution in [0, 0.1) is 5.92 Å². The van der Waals surface area contributed by atoms with E-state index in [0.29, 0.717) is 0 Å². The summed E-state index contributed by atoms with van der Waals surface area (Å²) in [6, 6.07) is -0.283. The summed E-state index contributed by atoms with van der Waals surface area (Å²) in [6.07, 6.45) is 0.484. The van der Waals surface area contributed by atoms with E-state index in [1.54, 1.807) is 0 Å². The predicted molar refractivity (Wildman–Crippen MR) is 56.8 cm³/mol. The molecule has 6 heteroatoms. The molecule has 1 saturated heterocycles. The minimum atomic E-state index is -1.54. The molecule has 0 radical (unpaired) electrons. The standard InChI is InChI=1S/C10H18N2O4/c1-6-3-2-4-11-8(6)9(14)12-5-7(13)10(15)16/h6-8,11,13H,2-5H2,1H3,(H,12,14)(H,15,16). The van der Waals surface area contributed by atoms with Crippen LogP contribution >= 0.6 is 0 Å². The summed E-state index contributed by atoms with van der Waals surface area (Å²) in [4.78, 5) is 22.0. The zero-order valence-electron chi connectivity index (χ0n) is 9.27. The molecule has 6 nitrogen and oxygen atoms in total. The van der Waals surface area contributed by atoms with Gasteiger partial charge in [-0.3, -0.25) is 4.79 Å². The first-order valence-corrected chi connectivity index (χ1v) is 5.44. The Balaban J connectivity index is 2.36. The van der Waals surface area contributed by atoms with Crippen LogP contribution in [0.15, 0.2) is 0 Å². The first-order valence-electron chi connectivity index (χ1n) is 5.44.